The Morgan fingerprint density at radius 3 is 2.12 bits per heavy atom. The van der Waals surface area contributed by atoms with Gasteiger partial charge in [-0.1, -0.05) is 54.6 Å². The summed E-state index contributed by atoms with van der Waals surface area (Å²) in [5.74, 6) is 0. The molecule has 0 amide bonds. The maximum absolute atomic E-state index is 3.75. The van der Waals surface area contributed by atoms with Gasteiger partial charge in [-0.25, -0.2) is 0 Å². The number of rotatable bonds is 2. The highest BCUT2D eigenvalue weighted by molar-refractivity contribution is 6.04. The van der Waals surface area contributed by atoms with E-state index in [0.29, 0.717) is 0 Å². The monoisotopic (exact) mass is 325 g/mol. The molecule has 0 aromatic heterocycles. The van der Waals surface area contributed by atoms with Gasteiger partial charge in [0.1, 0.15) is 0 Å². The van der Waals surface area contributed by atoms with E-state index in [4.69, 9.17) is 0 Å². The van der Waals surface area contributed by atoms with Crippen molar-refractivity contribution in [2.45, 2.75) is 27.7 Å². The van der Waals surface area contributed by atoms with Gasteiger partial charge in [-0.05, 0) is 66.8 Å². The third kappa shape index (κ3) is 2.47. The summed E-state index contributed by atoms with van der Waals surface area (Å²) in [6.45, 7) is 8.88. The minimum atomic E-state index is 1.16. The van der Waals surface area contributed by atoms with Crippen molar-refractivity contribution in [1.29, 1.82) is 0 Å². The minimum absolute atomic E-state index is 1.16. The van der Waals surface area contributed by atoms with Crippen molar-refractivity contribution in [1.82, 2.24) is 0 Å². The molecular weight excluding hydrogens is 302 g/mol. The zero-order valence-electron chi connectivity index (χ0n) is 15.3. The maximum Gasteiger partial charge on any atom is 0.0496 e. The van der Waals surface area contributed by atoms with Crippen molar-refractivity contribution in [3.63, 3.8) is 0 Å². The molecule has 25 heavy (non-hydrogen) atoms. The van der Waals surface area contributed by atoms with Gasteiger partial charge in [-0.3, -0.25) is 0 Å². The largest absolute Gasteiger partial charge is 0.354 e. The molecule has 0 heterocycles. The highest BCUT2D eigenvalue weighted by Crippen LogP contribution is 2.38. The first kappa shape index (κ1) is 15.7. The van der Waals surface area contributed by atoms with Crippen molar-refractivity contribution in [2.24, 2.45) is 0 Å². The topological polar surface area (TPSA) is 12.0 Å². The fraction of sp³-hybridized carbons (Fsp3) is 0.167. The van der Waals surface area contributed by atoms with Gasteiger partial charge in [-0.2, -0.15) is 0 Å². The number of benzene rings is 4. The van der Waals surface area contributed by atoms with Crippen LogP contribution in [0.5, 0.6) is 0 Å². The van der Waals surface area contributed by atoms with E-state index < -0.39 is 0 Å². The van der Waals surface area contributed by atoms with Crippen molar-refractivity contribution < 1.29 is 0 Å². The highest BCUT2D eigenvalue weighted by atomic mass is 14.9. The molecule has 1 heteroatoms. The Bertz CT molecular complexity index is 1100. The predicted octanol–water partition coefficient (Wildman–Crippen LogP) is 6.97. The van der Waals surface area contributed by atoms with E-state index in [0.717, 1.165) is 5.69 Å². The van der Waals surface area contributed by atoms with Gasteiger partial charge in [0, 0.05) is 22.1 Å². The van der Waals surface area contributed by atoms with E-state index in [1.165, 1.54) is 49.5 Å². The molecule has 0 bridgehead atoms. The molecule has 4 aromatic rings. The van der Waals surface area contributed by atoms with Gasteiger partial charge in [0.25, 0.3) is 0 Å². The molecule has 124 valence electrons. The Labute approximate surface area is 149 Å². The molecule has 0 unspecified atom stereocenters. The molecular formula is C24H23N. The third-order valence-corrected chi connectivity index (χ3v) is 5.47. The summed E-state index contributed by atoms with van der Waals surface area (Å²) in [6.07, 6.45) is 0. The lowest BCUT2D eigenvalue weighted by atomic mass is 9.91. The van der Waals surface area contributed by atoms with Gasteiger partial charge in [0.2, 0.25) is 0 Å². The molecule has 4 rings (SSSR count). The third-order valence-electron chi connectivity index (χ3n) is 5.47. The Kier molecular flexibility index (Phi) is 3.73. The molecule has 0 aliphatic rings. The Morgan fingerprint density at radius 2 is 1.28 bits per heavy atom. The number of nitrogens with one attached hydrogen (secondary N) is 1. The Hall–Kier alpha value is -2.80. The summed E-state index contributed by atoms with van der Waals surface area (Å²) >= 11 is 0. The number of anilines is 2. The molecule has 0 aliphatic heterocycles. The van der Waals surface area contributed by atoms with Crippen LogP contribution >= 0.6 is 0 Å². The van der Waals surface area contributed by atoms with Crippen LogP contribution in [0.3, 0.4) is 0 Å². The molecule has 0 saturated carbocycles. The van der Waals surface area contributed by atoms with E-state index >= 15 is 0 Å². The molecule has 1 N–H and O–H groups in total. The second-order valence-corrected chi connectivity index (χ2v) is 6.90. The van der Waals surface area contributed by atoms with E-state index in [9.17, 15) is 0 Å². The Morgan fingerprint density at radius 1 is 0.600 bits per heavy atom. The fourth-order valence-corrected chi connectivity index (χ4v) is 3.86. The van der Waals surface area contributed by atoms with Crippen LogP contribution in [0.4, 0.5) is 11.4 Å². The van der Waals surface area contributed by atoms with Gasteiger partial charge in [0.05, 0.1) is 0 Å². The van der Waals surface area contributed by atoms with E-state index in [-0.39, 0.29) is 0 Å². The molecule has 0 atom stereocenters. The quantitative estimate of drug-likeness (QED) is 0.419. The molecule has 0 spiro atoms. The number of fused-ring (bicyclic) bond motifs is 2. The molecule has 1 nitrogen and oxygen atoms in total. The first-order valence-corrected chi connectivity index (χ1v) is 8.82. The van der Waals surface area contributed by atoms with Crippen LogP contribution in [0.1, 0.15) is 22.3 Å². The van der Waals surface area contributed by atoms with Gasteiger partial charge in [-0.15, -0.1) is 0 Å². The van der Waals surface area contributed by atoms with Crippen molar-refractivity contribution >= 4 is 32.9 Å². The lowest BCUT2D eigenvalue weighted by molar-refractivity contribution is 1.28. The van der Waals surface area contributed by atoms with Crippen molar-refractivity contribution in [3.05, 3.63) is 82.9 Å². The standard InChI is InChI=1S/C24H23N/c1-15-9-7-13-21-23(15)17(3)16(2)18(4)24(21)25-22-14-8-11-19-10-5-6-12-20(19)22/h5-14,25H,1-4H3. The molecule has 0 aliphatic carbocycles. The molecule has 4 aromatic carbocycles. The lowest BCUT2D eigenvalue weighted by Crippen LogP contribution is -2.00. The molecule has 0 saturated heterocycles. The van der Waals surface area contributed by atoms with Crippen LogP contribution in [0, 0.1) is 27.7 Å². The van der Waals surface area contributed by atoms with Crippen molar-refractivity contribution in [2.75, 3.05) is 5.32 Å². The SMILES string of the molecule is Cc1c(C)c(C)c2c(C)cccc2c1Nc1cccc2ccccc12. The second-order valence-electron chi connectivity index (χ2n) is 6.90. The van der Waals surface area contributed by atoms with Gasteiger partial charge >= 0.3 is 0 Å². The summed E-state index contributed by atoms with van der Waals surface area (Å²) in [4.78, 5) is 0. The highest BCUT2D eigenvalue weighted by Gasteiger charge is 2.14. The summed E-state index contributed by atoms with van der Waals surface area (Å²) in [5.41, 5.74) is 7.78. The molecule has 0 radical (unpaired) electrons. The van der Waals surface area contributed by atoms with Crippen LogP contribution in [0.15, 0.2) is 60.7 Å². The predicted molar refractivity (Wildman–Crippen MR) is 110 cm³/mol. The fourth-order valence-electron chi connectivity index (χ4n) is 3.86. The lowest BCUT2D eigenvalue weighted by Gasteiger charge is -2.20. The van der Waals surface area contributed by atoms with Crippen LogP contribution in [0.2, 0.25) is 0 Å². The van der Waals surface area contributed by atoms with Crippen LogP contribution in [-0.4, -0.2) is 0 Å². The first-order valence-electron chi connectivity index (χ1n) is 8.82. The smallest absolute Gasteiger partial charge is 0.0496 e. The van der Waals surface area contributed by atoms with Crippen LogP contribution < -0.4 is 5.32 Å². The number of hydrogen-bond acceptors (Lipinski definition) is 1. The molecule has 0 fully saturated rings. The second kappa shape index (κ2) is 5.93. The maximum atomic E-state index is 3.75. The van der Waals surface area contributed by atoms with Crippen LogP contribution in [0.25, 0.3) is 21.5 Å². The minimum Gasteiger partial charge on any atom is -0.354 e. The summed E-state index contributed by atoms with van der Waals surface area (Å²) in [7, 11) is 0. The Balaban J connectivity index is 2.00. The zero-order chi connectivity index (χ0) is 17.6. The van der Waals surface area contributed by atoms with E-state index in [1.807, 2.05) is 0 Å². The first-order chi connectivity index (χ1) is 12.1. The summed E-state index contributed by atoms with van der Waals surface area (Å²) in [5, 5.41) is 8.93. The summed E-state index contributed by atoms with van der Waals surface area (Å²) < 4.78 is 0. The van der Waals surface area contributed by atoms with Crippen molar-refractivity contribution in [3.8, 4) is 0 Å². The average Bonchev–Trinajstić information content (AvgIpc) is 2.63. The normalized spacial score (nSPS) is 11.2. The number of aryl methyl sites for hydroxylation is 2. The zero-order valence-corrected chi connectivity index (χ0v) is 15.3. The average molecular weight is 325 g/mol. The van der Waals surface area contributed by atoms with E-state index in [2.05, 4.69) is 93.7 Å². The van der Waals surface area contributed by atoms with E-state index in [1.54, 1.807) is 0 Å². The van der Waals surface area contributed by atoms with Gasteiger partial charge in [0.15, 0.2) is 0 Å². The van der Waals surface area contributed by atoms with Gasteiger partial charge < -0.3 is 5.32 Å². The number of hydrogen-bond donors (Lipinski definition) is 1. The van der Waals surface area contributed by atoms with Crippen LogP contribution in [-0.2, 0) is 0 Å². The summed E-state index contributed by atoms with van der Waals surface area (Å²) in [6, 6.07) is 21.6.